The topological polar surface area (TPSA) is 24.7 Å². The molecule has 0 spiro atoms. The van der Waals surface area contributed by atoms with Crippen molar-refractivity contribution in [3.63, 3.8) is 0 Å². The summed E-state index contributed by atoms with van der Waals surface area (Å²) in [4.78, 5) is 8.23. The first-order valence-corrected chi connectivity index (χ1v) is 6.04. The van der Waals surface area contributed by atoms with Gasteiger partial charge in [0.1, 0.15) is 0 Å². The van der Waals surface area contributed by atoms with Crippen LogP contribution in [0.5, 0.6) is 0 Å². The van der Waals surface area contributed by atoms with Crippen molar-refractivity contribution in [3.05, 3.63) is 0 Å². The maximum absolute atomic E-state index is 4.12. The van der Waals surface area contributed by atoms with Crippen LogP contribution in [0.1, 0.15) is 13.8 Å². The van der Waals surface area contributed by atoms with Gasteiger partial charge in [0.05, 0.1) is 10.1 Å². The van der Waals surface area contributed by atoms with Crippen molar-refractivity contribution in [1.82, 2.24) is 0 Å². The molecule has 5 heteroatoms. The van der Waals surface area contributed by atoms with Crippen LogP contribution < -0.4 is 51.4 Å². The molecule has 0 aliphatic carbocycles. The summed E-state index contributed by atoms with van der Waals surface area (Å²) in [5, 5.41) is 2.49. The van der Waals surface area contributed by atoms with E-state index in [1.165, 1.54) is 21.6 Å². The van der Waals surface area contributed by atoms with Crippen molar-refractivity contribution in [2.75, 3.05) is 24.6 Å². The molecular weight excluding hydrogens is 227 g/mol. The van der Waals surface area contributed by atoms with Gasteiger partial charge in [0.2, 0.25) is 0 Å². The molecule has 0 radical (unpaired) electrons. The van der Waals surface area contributed by atoms with E-state index < -0.39 is 0 Å². The standard InChI is InChI=1S/2C4H7NS.K/c2*1-4-5-2-3-6-4;/h2*2-3H2,1H3;/q;;+1. The van der Waals surface area contributed by atoms with Crippen LogP contribution in [0.3, 0.4) is 0 Å². The third-order valence-corrected chi connectivity index (χ3v) is 3.34. The fourth-order valence-corrected chi connectivity index (χ4v) is 2.21. The van der Waals surface area contributed by atoms with Crippen molar-refractivity contribution in [1.29, 1.82) is 0 Å². The summed E-state index contributed by atoms with van der Waals surface area (Å²) in [5.74, 6) is 2.40. The van der Waals surface area contributed by atoms with Gasteiger partial charge in [-0.1, -0.05) is 0 Å². The molecule has 2 rings (SSSR count). The molecule has 0 saturated heterocycles. The third kappa shape index (κ3) is 7.59. The van der Waals surface area contributed by atoms with Crippen LogP contribution in [0.4, 0.5) is 0 Å². The summed E-state index contributed by atoms with van der Waals surface area (Å²) in [7, 11) is 0. The smallest absolute Gasteiger partial charge is 0.282 e. The molecule has 13 heavy (non-hydrogen) atoms. The molecule has 0 amide bonds. The van der Waals surface area contributed by atoms with Gasteiger partial charge in [-0.05, 0) is 13.8 Å². The van der Waals surface area contributed by atoms with E-state index in [0.29, 0.717) is 0 Å². The molecule has 0 aromatic rings. The van der Waals surface area contributed by atoms with Crippen LogP contribution in [-0.4, -0.2) is 34.7 Å². The summed E-state index contributed by atoms with van der Waals surface area (Å²) in [6, 6.07) is 0. The van der Waals surface area contributed by atoms with E-state index >= 15 is 0 Å². The predicted molar refractivity (Wildman–Crippen MR) is 60.9 cm³/mol. The molecule has 0 atom stereocenters. The molecule has 0 bridgehead atoms. The van der Waals surface area contributed by atoms with E-state index in [2.05, 4.69) is 23.8 Å². The number of hydrogen-bond donors (Lipinski definition) is 0. The molecule has 2 aliphatic rings. The molecule has 68 valence electrons. The zero-order chi connectivity index (χ0) is 8.81. The van der Waals surface area contributed by atoms with Crippen LogP contribution in [-0.2, 0) is 0 Å². The Morgan fingerprint density at radius 3 is 1.38 bits per heavy atom. The Hall–Kier alpha value is 1.68. The number of hydrogen-bond acceptors (Lipinski definition) is 4. The zero-order valence-electron chi connectivity index (χ0n) is 8.54. The van der Waals surface area contributed by atoms with Crippen molar-refractivity contribution < 1.29 is 51.4 Å². The van der Waals surface area contributed by atoms with E-state index in [9.17, 15) is 0 Å². The Labute approximate surface area is 131 Å². The van der Waals surface area contributed by atoms with Gasteiger partial charge < -0.3 is 0 Å². The average molecular weight is 241 g/mol. The number of rotatable bonds is 0. The van der Waals surface area contributed by atoms with Gasteiger partial charge in [0.25, 0.3) is 0 Å². The maximum atomic E-state index is 4.12. The number of aliphatic imine (C=N–C) groups is 2. The van der Waals surface area contributed by atoms with Crippen LogP contribution in [0, 0.1) is 0 Å². The Balaban J connectivity index is 0.000000206. The first-order chi connectivity index (χ1) is 5.79. The fraction of sp³-hybridized carbons (Fsp3) is 0.750. The monoisotopic (exact) mass is 241 g/mol. The van der Waals surface area contributed by atoms with Crippen LogP contribution in [0.15, 0.2) is 9.98 Å². The molecule has 2 heterocycles. The van der Waals surface area contributed by atoms with Crippen LogP contribution >= 0.6 is 23.5 Å². The molecule has 2 aliphatic heterocycles. The molecule has 0 aromatic heterocycles. The number of thioether (sulfide) groups is 2. The van der Waals surface area contributed by atoms with E-state index in [4.69, 9.17) is 0 Å². The second-order valence-electron chi connectivity index (χ2n) is 2.50. The van der Waals surface area contributed by atoms with Crippen molar-refractivity contribution in [2.45, 2.75) is 13.8 Å². The first kappa shape index (κ1) is 14.7. The van der Waals surface area contributed by atoms with Crippen molar-refractivity contribution in [3.8, 4) is 0 Å². The van der Waals surface area contributed by atoms with E-state index in [0.717, 1.165) is 13.1 Å². The van der Waals surface area contributed by atoms with Crippen LogP contribution in [0.2, 0.25) is 0 Å². The van der Waals surface area contributed by atoms with Gasteiger partial charge in [-0.3, -0.25) is 9.98 Å². The maximum Gasteiger partial charge on any atom is 1.00 e. The van der Waals surface area contributed by atoms with Gasteiger partial charge in [-0.25, -0.2) is 0 Å². The minimum absolute atomic E-state index is 0. The van der Waals surface area contributed by atoms with E-state index in [1.54, 1.807) is 0 Å². The first-order valence-electron chi connectivity index (χ1n) is 4.07. The molecule has 0 aromatic carbocycles. The van der Waals surface area contributed by atoms with Gasteiger partial charge >= 0.3 is 51.4 Å². The summed E-state index contributed by atoms with van der Waals surface area (Å²) < 4.78 is 0. The zero-order valence-corrected chi connectivity index (χ0v) is 13.3. The molecule has 0 fully saturated rings. The summed E-state index contributed by atoms with van der Waals surface area (Å²) >= 11 is 3.69. The fourth-order valence-electron chi connectivity index (χ4n) is 0.884. The second kappa shape index (κ2) is 8.94. The van der Waals surface area contributed by atoms with Crippen molar-refractivity contribution in [2.24, 2.45) is 9.98 Å². The summed E-state index contributed by atoms with van der Waals surface area (Å²) in [6.07, 6.45) is 0. The van der Waals surface area contributed by atoms with Gasteiger partial charge in [0, 0.05) is 24.6 Å². The van der Waals surface area contributed by atoms with Gasteiger partial charge in [-0.2, -0.15) is 0 Å². The molecule has 0 saturated carbocycles. The Kier molecular flexibility index (Phi) is 10.1. The molecule has 0 N–H and O–H groups in total. The summed E-state index contributed by atoms with van der Waals surface area (Å²) in [5.41, 5.74) is 0. The SMILES string of the molecule is CC1=NCCS1.CC1=NCCS1.[K+]. The Bertz CT molecular complexity index is 182. The van der Waals surface area contributed by atoms with Gasteiger partial charge in [0.15, 0.2) is 0 Å². The molecule has 0 unspecified atom stereocenters. The van der Waals surface area contributed by atoms with Crippen LogP contribution in [0.25, 0.3) is 0 Å². The second-order valence-corrected chi connectivity index (χ2v) is 5.07. The molecule has 2 nitrogen and oxygen atoms in total. The molecular formula is C8H14KN2S2+. The largest absolute Gasteiger partial charge is 1.00 e. The van der Waals surface area contributed by atoms with E-state index in [-0.39, 0.29) is 51.4 Å². The number of nitrogens with zero attached hydrogens (tertiary/aromatic N) is 2. The minimum Gasteiger partial charge on any atom is -0.282 e. The minimum atomic E-state index is 0. The third-order valence-electron chi connectivity index (χ3n) is 1.47. The van der Waals surface area contributed by atoms with Crippen molar-refractivity contribution >= 4 is 33.6 Å². The Morgan fingerprint density at radius 2 is 1.31 bits per heavy atom. The van der Waals surface area contributed by atoms with E-state index in [1.807, 2.05) is 23.5 Å². The Morgan fingerprint density at radius 1 is 0.923 bits per heavy atom. The predicted octanol–water partition coefficient (Wildman–Crippen LogP) is -0.693. The average Bonchev–Trinajstić information content (AvgIpc) is 2.63. The quantitative estimate of drug-likeness (QED) is 0.524. The normalized spacial score (nSPS) is 19.5. The van der Waals surface area contributed by atoms with Gasteiger partial charge in [-0.15, -0.1) is 23.5 Å². The summed E-state index contributed by atoms with van der Waals surface area (Å²) in [6.45, 7) is 6.18.